The van der Waals surface area contributed by atoms with E-state index in [1.165, 1.54) is 32.1 Å². The van der Waals surface area contributed by atoms with Crippen LogP contribution in [0.2, 0.25) is 0 Å². The number of hydrogen-bond acceptors (Lipinski definition) is 3. The smallest absolute Gasteiger partial charge is 0.0174 e. The van der Waals surface area contributed by atoms with Gasteiger partial charge in [0.2, 0.25) is 0 Å². The lowest BCUT2D eigenvalue weighted by Gasteiger charge is -2.15. The molecule has 0 aliphatic heterocycles. The predicted octanol–water partition coefficient (Wildman–Crippen LogP) is 1.53. The van der Waals surface area contributed by atoms with Crippen molar-refractivity contribution >= 4 is 0 Å². The summed E-state index contributed by atoms with van der Waals surface area (Å²) in [5.74, 6) is 0. The Labute approximate surface area is 76.5 Å². The Morgan fingerprint density at radius 1 is 1.08 bits per heavy atom. The molecule has 0 amide bonds. The zero-order chi connectivity index (χ0) is 9.23. The van der Waals surface area contributed by atoms with E-state index in [0.717, 1.165) is 6.54 Å². The van der Waals surface area contributed by atoms with Gasteiger partial charge in [-0.2, -0.15) is 5.12 Å². The summed E-state index contributed by atoms with van der Waals surface area (Å²) < 4.78 is 0. The molecule has 0 saturated carbocycles. The normalized spacial score (nSPS) is 11.0. The Kier molecular flexibility index (Phi) is 8.88. The quantitative estimate of drug-likeness (QED) is 0.430. The number of unbranched alkanes of at least 4 members (excludes halogenated alkanes) is 4. The van der Waals surface area contributed by atoms with Crippen LogP contribution < -0.4 is 10.9 Å². The fourth-order valence-corrected chi connectivity index (χ4v) is 1.05. The Morgan fingerprint density at radius 2 is 1.75 bits per heavy atom. The van der Waals surface area contributed by atoms with Gasteiger partial charge in [0.1, 0.15) is 0 Å². The first-order valence-electron chi connectivity index (χ1n) is 4.96. The molecule has 0 unspecified atom stereocenters. The molecule has 0 heterocycles. The van der Waals surface area contributed by atoms with E-state index in [4.69, 9.17) is 0 Å². The van der Waals surface area contributed by atoms with E-state index < -0.39 is 0 Å². The van der Waals surface area contributed by atoms with Crippen molar-refractivity contribution in [2.24, 2.45) is 0 Å². The van der Waals surface area contributed by atoms with Crippen LogP contribution in [0, 0.1) is 0 Å². The van der Waals surface area contributed by atoms with Crippen LogP contribution in [0.25, 0.3) is 0 Å². The minimum atomic E-state index is 1.07. The molecule has 74 valence electrons. The van der Waals surface area contributed by atoms with Crippen molar-refractivity contribution in [2.45, 2.75) is 39.0 Å². The fourth-order valence-electron chi connectivity index (χ4n) is 1.05. The number of rotatable bonds is 8. The van der Waals surface area contributed by atoms with E-state index >= 15 is 0 Å². The third kappa shape index (κ3) is 7.98. The maximum Gasteiger partial charge on any atom is 0.0174 e. The first kappa shape index (κ1) is 11.9. The van der Waals surface area contributed by atoms with Crippen LogP contribution in [-0.2, 0) is 0 Å². The standard InChI is InChI=1S/C9H23N3/c1-4-5-6-7-8-9-11-12(3)10-2/h10-11H,4-9H2,1-3H3. The second kappa shape index (κ2) is 8.97. The minimum Gasteiger partial charge on any atom is -0.245 e. The molecule has 0 fully saturated rings. The summed E-state index contributed by atoms with van der Waals surface area (Å²) >= 11 is 0. The molecular weight excluding hydrogens is 150 g/mol. The van der Waals surface area contributed by atoms with E-state index in [2.05, 4.69) is 17.8 Å². The van der Waals surface area contributed by atoms with Crippen LogP contribution in [0.3, 0.4) is 0 Å². The molecule has 0 aliphatic carbocycles. The summed E-state index contributed by atoms with van der Waals surface area (Å²) in [6.07, 6.45) is 6.69. The van der Waals surface area contributed by atoms with Gasteiger partial charge in [0.25, 0.3) is 0 Å². The average Bonchev–Trinajstić information content (AvgIpc) is 2.10. The lowest BCUT2D eigenvalue weighted by atomic mass is 10.2. The second-order valence-electron chi connectivity index (χ2n) is 3.10. The van der Waals surface area contributed by atoms with E-state index in [9.17, 15) is 0 Å². The van der Waals surface area contributed by atoms with Crippen molar-refractivity contribution < 1.29 is 0 Å². The van der Waals surface area contributed by atoms with Crippen LogP contribution in [0.15, 0.2) is 0 Å². The van der Waals surface area contributed by atoms with Crippen molar-refractivity contribution in [3.05, 3.63) is 0 Å². The van der Waals surface area contributed by atoms with Crippen molar-refractivity contribution in [1.82, 2.24) is 16.0 Å². The Hall–Kier alpha value is -0.120. The fraction of sp³-hybridized carbons (Fsp3) is 1.00. The maximum atomic E-state index is 3.23. The molecule has 2 N–H and O–H groups in total. The second-order valence-corrected chi connectivity index (χ2v) is 3.10. The highest BCUT2D eigenvalue weighted by Gasteiger charge is 1.91. The maximum absolute atomic E-state index is 3.23. The Bertz CT molecular complexity index is 85.8. The van der Waals surface area contributed by atoms with Gasteiger partial charge in [-0.3, -0.25) is 0 Å². The van der Waals surface area contributed by atoms with Gasteiger partial charge in [0.05, 0.1) is 0 Å². The number of hydrogen-bond donors (Lipinski definition) is 2. The van der Waals surface area contributed by atoms with Gasteiger partial charge >= 0.3 is 0 Å². The van der Waals surface area contributed by atoms with Crippen molar-refractivity contribution in [3.8, 4) is 0 Å². The SMILES string of the molecule is CCCCCCCNN(C)NC. The van der Waals surface area contributed by atoms with Crippen molar-refractivity contribution in [3.63, 3.8) is 0 Å². The van der Waals surface area contributed by atoms with Crippen LogP contribution >= 0.6 is 0 Å². The van der Waals surface area contributed by atoms with E-state index in [0.29, 0.717) is 0 Å². The average molecular weight is 173 g/mol. The summed E-state index contributed by atoms with van der Waals surface area (Å²) in [6, 6.07) is 0. The molecule has 0 atom stereocenters. The Balaban J connectivity index is 2.90. The van der Waals surface area contributed by atoms with E-state index in [1.54, 1.807) is 0 Å². The van der Waals surface area contributed by atoms with Gasteiger partial charge in [0, 0.05) is 20.6 Å². The highest BCUT2D eigenvalue weighted by atomic mass is 15.7. The molecule has 0 radical (unpaired) electrons. The van der Waals surface area contributed by atoms with Crippen molar-refractivity contribution in [2.75, 3.05) is 20.6 Å². The largest absolute Gasteiger partial charge is 0.245 e. The van der Waals surface area contributed by atoms with Gasteiger partial charge in [-0.25, -0.2) is 10.9 Å². The van der Waals surface area contributed by atoms with Gasteiger partial charge in [-0.05, 0) is 6.42 Å². The lowest BCUT2D eigenvalue weighted by Crippen LogP contribution is -2.43. The summed E-state index contributed by atoms with van der Waals surface area (Å²) in [5.41, 5.74) is 6.22. The highest BCUT2D eigenvalue weighted by molar-refractivity contribution is 4.44. The molecule has 0 aliphatic rings. The van der Waals surface area contributed by atoms with E-state index in [-0.39, 0.29) is 0 Å². The number of nitrogens with zero attached hydrogens (tertiary/aromatic N) is 1. The minimum absolute atomic E-state index is 1.07. The third-order valence-corrected chi connectivity index (χ3v) is 1.96. The van der Waals surface area contributed by atoms with Crippen LogP contribution in [0.4, 0.5) is 0 Å². The molecule has 0 aromatic heterocycles. The summed E-state index contributed by atoms with van der Waals surface area (Å²) in [5, 5.41) is 1.89. The monoisotopic (exact) mass is 173 g/mol. The summed E-state index contributed by atoms with van der Waals surface area (Å²) in [6.45, 7) is 3.31. The number of nitrogens with one attached hydrogen (secondary N) is 2. The topological polar surface area (TPSA) is 27.3 Å². The molecule has 0 saturated heterocycles. The van der Waals surface area contributed by atoms with Gasteiger partial charge < -0.3 is 0 Å². The number of hydrazine groups is 2. The third-order valence-electron chi connectivity index (χ3n) is 1.96. The van der Waals surface area contributed by atoms with Gasteiger partial charge in [0.15, 0.2) is 0 Å². The zero-order valence-corrected chi connectivity index (χ0v) is 8.69. The van der Waals surface area contributed by atoms with Crippen LogP contribution in [0.5, 0.6) is 0 Å². The molecular formula is C9H23N3. The van der Waals surface area contributed by atoms with Gasteiger partial charge in [-0.15, -0.1) is 0 Å². The van der Waals surface area contributed by atoms with Crippen LogP contribution in [0.1, 0.15) is 39.0 Å². The molecule has 0 rings (SSSR count). The summed E-state index contributed by atoms with van der Waals surface area (Å²) in [4.78, 5) is 0. The van der Waals surface area contributed by atoms with Gasteiger partial charge in [-0.1, -0.05) is 32.6 Å². The van der Waals surface area contributed by atoms with E-state index in [1.807, 2.05) is 19.2 Å². The summed E-state index contributed by atoms with van der Waals surface area (Å²) in [7, 11) is 3.89. The zero-order valence-electron chi connectivity index (χ0n) is 8.69. The highest BCUT2D eigenvalue weighted by Crippen LogP contribution is 2.00. The molecule has 3 heteroatoms. The predicted molar refractivity (Wildman–Crippen MR) is 53.6 cm³/mol. The molecule has 0 spiro atoms. The molecule has 3 nitrogen and oxygen atoms in total. The molecule has 12 heavy (non-hydrogen) atoms. The lowest BCUT2D eigenvalue weighted by molar-refractivity contribution is 0.171. The Morgan fingerprint density at radius 3 is 2.33 bits per heavy atom. The molecule has 0 aromatic carbocycles. The van der Waals surface area contributed by atoms with Crippen molar-refractivity contribution in [1.29, 1.82) is 0 Å². The molecule has 0 aromatic rings. The van der Waals surface area contributed by atoms with Crippen LogP contribution in [-0.4, -0.2) is 25.8 Å². The molecule has 0 bridgehead atoms. The first-order valence-corrected chi connectivity index (χ1v) is 4.96. The first-order chi connectivity index (χ1) is 5.81.